The smallest absolute Gasteiger partial charge is 0.347 e. The van der Waals surface area contributed by atoms with Crippen LogP contribution < -0.4 is 20.7 Å². The van der Waals surface area contributed by atoms with Crippen molar-refractivity contribution in [2.75, 3.05) is 17.2 Å². The molecule has 4 N–H and O–H groups in total. The number of carbonyl (C=O) groups excluding carboxylic acids is 3. The highest BCUT2D eigenvalue weighted by atomic mass is 32.2. The number of nitrogens with one attached hydrogen (secondary N) is 1. The highest BCUT2D eigenvalue weighted by molar-refractivity contribution is 8.02. The Morgan fingerprint density at radius 3 is 2.85 bits per heavy atom. The Labute approximate surface area is 248 Å². The van der Waals surface area contributed by atoms with Crippen molar-refractivity contribution in [3.8, 4) is 0 Å². The van der Waals surface area contributed by atoms with Crippen LogP contribution in [0.25, 0.3) is 10.3 Å². The third-order valence-corrected chi connectivity index (χ3v) is 10.4. The third kappa shape index (κ3) is 5.72. The molecule has 2 aliphatic heterocycles. The number of β-lactam (4-membered cyclic amide) rings is 1. The summed E-state index contributed by atoms with van der Waals surface area (Å²) in [6, 6.07) is 2.72. The minimum absolute atomic E-state index is 0.0283. The van der Waals surface area contributed by atoms with Crippen molar-refractivity contribution in [3.63, 3.8) is 0 Å². The predicted molar refractivity (Wildman–Crippen MR) is 150 cm³/mol. The van der Waals surface area contributed by atoms with Crippen LogP contribution >= 0.6 is 46.2 Å². The summed E-state index contributed by atoms with van der Waals surface area (Å²) in [5.41, 5.74) is 6.43. The Bertz CT molecular complexity index is 1630. The molecule has 2 aliphatic rings. The van der Waals surface area contributed by atoms with E-state index < -0.39 is 41.3 Å². The second-order valence-corrected chi connectivity index (χ2v) is 13.0. The van der Waals surface area contributed by atoms with Crippen LogP contribution in [0.15, 0.2) is 44.5 Å². The molecule has 5 rings (SSSR count). The number of hydrogen-bond donors (Lipinski definition) is 3. The zero-order valence-electron chi connectivity index (χ0n) is 21.3. The maximum Gasteiger partial charge on any atom is 0.347 e. The summed E-state index contributed by atoms with van der Waals surface area (Å²) < 4.78 is 2.71. The van der Waals surface area contributed by atoms with Crippen LogP contribution in [0.3, 0.4) is 0 Å². The number of aryl methyl sites for hydroxylation is 1. The lowest BCUT2D eigenvalue weighted by Crippen LogP contribution is -2.71. The van der Waals surface area contributed by atoms with Gasteiger partial charge in [0.1, 0.15) is 29.7 Å². The molecule has 3 aromatic rings. The molecule has 0 aromatic carbocycles. The zero-order chi connectivity index (χ0) is 29.4. The second kappa shape index (κ2) is 11.6. The number of thiazole rings is 2. The molecule has 1 saturated heterocycles. The van der Waals surface area contributed by atoms with Gasteiger partial charge in [-0.05, 0) is 29.9 Å². The van der Waals surface area contributed by atoms with Crippen LogP contribution in [0.2, 0.25) is 0 Å². The Kier molecular flexibility index (Phi) is 8.16. The van der Waals surface area contributed by atoms with E-state index in [4.69, 9.17) is 15.7 Å². The van der Waals surface area contributed by atoms with Gasteiger partial charge in [0.25, 0.3) is 16.6 Å². The molecule has 0 aliphatic carbocycles. The summed E-state index contributed by atoms with van der Waals surface area (Å²) >= 11 is 5.18. The number of nitrogen functional groups attached to an aromatic ring is 1. The fourth-order valence-corrected chi connectivity index (χ4v) is 8.08. The van der Waals surface area contributed by atoms with Gasteiger partial charge in [0, 0.05) is 23.0 Å². The second-order valence-electron chi connectivity index (χ2n) is 8.78. The topological polar surface area (TPSA) is 204 Å². The number of aliphatic carboxylic acids is 2. The van der Waals surface area contributed by atoms with E-state index in [9.17, 15) is 24.3 Å². The minimum atomic E-state index is -1.49. The standard InChI is InChI=1S/C23H21N7O7S4/c1-9(20(33)34)37-28-13(12-8-39-22(24)25-12)16(31)27-14-17(32)30-15(21(35)36)10(6-38-19(14)30)7-40-23-26-11-4-3-5-29(2)18(11)41-23/h3-5,8-9,14,19H,6-7H2,1-2H3,(H4-,24,25,27,31,33,34,35,36)/b28-13-/t9-,14?,19-/m0/s1. The van der Waals surface area contributed by atoms with Crippen LogP contribution in [0.4, 0.5) is 5.13 Å². The minimum Gasteiger partial charge on any atom is -0.543 e. The van der Waals surface area contributed by atoms with Crippen LogP contribution in [0, 0.1) is 0 Å². The van der Waals surface area contributed by atoms with Crippen LogP contribution in [-0.2, 0) is 31.1 Å². The first-order valence-electron chi connectivity index (χ1n) is 11.8. The van der Waals surface area contributed by atoms with Crippen molar-refractivity contribution in [1.29, 1.82) is 0 Å². The van der Waals surface area contributed by atoms with E-state index in [0.29, 0.717) is 11.3 Å². The summed E-state index contributed by atoms with van der Waals surface area (Å²) in [6.45, 7) is 1.23. The molecule has 1 unspecified atom stereocenters. The van der Waals surface area contributed by atoms with Gasteiger partial charge in [-0.1, -0.05) is 16.9 Å². The summed E-state index contributed by atoms with van der Waals surface area (Å²) in [7, 11) is 1.92. The normalized spacial score (nSPS) is 19.5. The van der Waals surface area contributed by atoms with E-state index in [2.05, 4.69) is 20.4 Å². The fraction of sp³-hybridized carbons (Fsp3) is 0.304. The Hall–Kier alpha value is -3.74. The molecule has 3 aromatic heterocycles. The molecule has 14 nitrogen and oxygen atoms in total. The molecule has 0 spiro atoms. The Morgan fingerprint density at radius 1 is 1.41 bits per heavy atom. The maximum atomic E-state index is 13.1. The van der Waals surface area contributed by atoms with Crippen molar-refractivity contribution >= 4 is 91.1 Å². The van der Waals surface area contributed by atoms with E-state index in [1.807, 2.05) is 29.9 Å². The van der Waals surface area contributed by atoms with Crippen molar-refractivity contribution in [3.05, 3.63) is 40.7 Å². The van der Waals surface area contributed by atoms with Crippen LogP contribution in [0.1, 0.15) is 12.6 Å². The fourth-order valence-electron chi connectivity index (χ4n) is 3.98. The van der Waals surface area contributed by atoms with Crippen molar-refractivity contribution < 1.29 is 38.8 Å². The number of carboxylic acid groups (broad SMARTS) is 2. The van der Waals surface area contributed by atoms with Crippen molar-refractivity contribution in [2.45, 2.75) is 28.8 Å². The van der Waals surface area contributed by atoms with E-state index in [1.165, 1.54) is 47.2 Å². The van der Waals surface area contributed by atoms with Gasteiger partial charge in [0.2, 0.25) is 6.10 Å². The van der Waals surface area contributed by atoms with Gasteiger partial charge < -0.3 is 30.9 Å². The summed E-state index contributed by atoms with van der Waals surface area (Å²) in [4.78, 5) is 65.1. The van der Waals surface area contributed by atoms with E-state index >= 15 is 0 Å². The van der Waals surface area contributed by atoms with Gasteiger partial charge in [-0.15, -0.1) is 23.1 Å². The lowest BCUT2D eigenvalue weighted by molar-refractivity contribution is -0.642. The van der Waals surface area contributed by atoms with E-state index in [-0.39, 0.29) is 28.0 Å². The number of rotatable bonds is 10. The van der Waals surface area contributed by atoms with Crippen molar-refractivity contribution in [1.82, 2.24) is 20.2 Å². The number of nitrogens with two attached hydrogens (primary N) is 1. The highest BCUT2D eigenvalue weighted by Crippen LogP contribution is 2.42. The quantitative estimate of drug-likeness (QED) is 0.0852. The number of fused-ring (bicyclic) bond motifs is 2. The maximum absolute atomic E-state index is 13.1. The summed E-state index contributed by atoms with van der Waals surface area (Å²) in [6.07, 6.45) is 0.556. The molecule has 1 fully saturated rings. The predicted octanol–water partition coefficient (Wildman–Crippen LogP) is -0.450. The molecule has 3 atom stereocenters. The molecule has 0 bridgehead atoms. The van der Waals surface area contributed by atoms with Crippen LogP contribution in [-0.4, -0.2) is 78.5 Å². The lowest BCUT2D eigenvalue weighted by Gasteiger charge is -2.50. The van der Waals surface area contributed by atoms with Gasteiger partial charge in [-0.3, -0.25) is 14.5 Å². The zero-order valence-corrected chi connectivity index (χ0v) is 24.6. The molecular formula is C23H21N7O7S4. The average molecular weight is 636 g/mol. The molecular weight excluding hydrogens is 615 g/mol. The summed E-state index contributed by atoms with van der Waals surface area (Å²) in [5, 5.41) is 28.3. The monoisotopic (exact) mass is 635 g/mol. The number of carbonyl (C=O) groups is 4. The number of nitrogens with zero attached hydrogens (tertiary/aromatic N) is 5. The SMILES string of the molecule is C[C@H](O/N=C(\C(=O)NC1C(=O)N2C(C(=O)[O-])=C(CSc3nc4ccc[n+](C)c4s3)CS[C@@H]12)c1csc(N)n1)C(=O)O. The lowest BCUT2D eigenvalue weighted by atomic mass is 10.0. The average Bonchev–Trinajstić information content (AvgIpc) is 3.56. The van der Waals surface area contributed by atoms with E-state index in [0.717, 1.165) is 30.9 Å². The largest absolute Gasteiger partial charge is 0.543 e. The number of amides is 2. The Morgan fingerprint density at radius 2 is 2.20 bits per heavy atom. The summed E-state index contributed by atoms with van der Waals surface area (Å²) in [5.74, 6) is -3.72. The highest BCUT2D eigenvalue weighted by Gasteiger charge is 2.53. The first-order valence-corrected chi connectivity index (χ1v) is 15.5. The molecule has 41 heavy (non-hydrogen) atoms. The van der Waals surface area contributed by atoms with Crippen LogP contribution in [0.5, 0.6) is 0 Å². The number of hydrogen-bond acceptors (Lipinski definition) is 14. The number of aromatic nitrogens is 3. The molecule has 5 heterocycles. The van der Waals surface area contributed by atoms with Gasteiger partial charge in [0.05, 0.1) is 11.7 Å². The van der Waals surface area contributed by atoms with Crippen molar-refractivity contribution in [2.24, 2.45) is 12.2 Å². The Balaban J connectivity index is 1.31. The number of anilines is 1. The number of oxime groups is 1. The molecule has 214 valence electrons. The number of carboxylic acids is 2. The van der Waals surface area contributed by atoms with Gasteiger partial charge in [0.15, 0.2) is 21.4 Å². The number of thioether (sulfide) groups is 2. The molecule has 0 saturated carbocycles. The molecule has 18 heteroatoms. The van der Waals surface area contributed by atoms with Gasteiger partial charge in [-0.2, -0.15) is 4.57 Å². The number of pyridine rings is 1. The van der Waals surface area contributed by atoms with E-state index in [1.54, 1.807) is 0 Å². The third-order valence-electron chi connectivity index (χ3n) is 6.03. The molecule has 2 amide bonds. The first-order chi connectivity index (χ1) is 19.5. The van der Waals surface area contributed by atoms with Gasteiger partial charge >= 0.3 is 5.97 Å². The first kappa shape index (κ1) is 28.8. The van der Waals surface area contributed by atoms with Gasteiger partial charge in [-0.25, -0.2) is 14.8 Å². The molecule has 0 radical (unpaired) electrons.